The van der Waals surface area contributed by atoms with E-state index in [1.165, 1.54) is 14.2 Å². The van der Waals surface area contributed by atoms with E-state index in [0.29, 0.717) is 22.6 Å². The minimum absolute atomic E-state index is 0.390. The number of rotatable bonds is 5. The normalized spacial score (nSPS) is 10.9. The second-order valence-electron chi connectivity index (χ2n) is 6.06. The van der Waals surface area contributed by atoms with Gasteiger partial charge in [0, 0.05) is 11.3 Å². The Bertz CT molecular complexity index is 1010. The van der Waals surface area contributed by atoms with Gasteiger partial charge in [0.25, 0.3) is 0 Å². The topological polar surface area (TPSA) is 77.0 Å². The molecule has 6 nitrogen and oxygen atoms in total. The summed E-state index contributed by atoms with van der Waals surface area (Å²) in [4.78, 5) is 27.9. The molecule has 3 aromatic carbocycles. The van der Waals surface area contributed by atoms with Crippen molar-refractivity contribution in [1.82, 2.24) is 0 Å². The maximum atomic E-state index is 11.6. The number of nitrogens with one attached hydrogen (secondary N) is 1. The van der Waals surface area contributed by atoms with Crippen LogP contribution in [0.15, 0.2) is 83.9 Å². The first-order valence-corrected chi connectivity index (χ1v) is 8.88. The minimum Gasteiger partial charge on any atom is -0.465 e. The van der Waals surface area contributed by atoms with Crippen molar-refractivity contribution in [3.8, 4) is 0 Å². The van der Waals surface area contributed by atoms with Crippen molar-refractivity contribution < 1.29 is 19.1 Å². The number of amidine groups is 1. The van der Waals surface area contributed by atoms with Crippen LogP contribution >= 0.6 is 0 Å². The minimum atomic E-state index is -0.396. The van der Waals surface area contributed by atoms with E-state index in [9.17, 15) is 9.59 Å². The van der Waals surface area contributed by atoms with Gasteiger partial charge in [-0.3, -0.25) is 0 Å². The fraction of sp³-hybridized carbons (Fsp3) is 0.0870. The highest BCUT2D eigenvalue weighted by atomic mass is 16.5. The number of anilines is 1. The lowest BCUT2D eigenvalue weighted by molar-refractivity contribution is 0.0592. The molecule has 3 rings (SSSR count). The van der Waals surface area contributed by atoms with Gasteiger partial charge in [0.2, 0.25) is 0 Å². The van der Waals surface area contributed by atoms with Crippen LogP contribution in [-0.4, -0.2) is 32.0 Å². The molecule has 0 saturated carbocycles. The third kappa shape index (κ3) is 5.07. The fourth-order valence-electron chi connectivity index (χ4n) is 2.62. The first kappa shape index (κ1) is 19.8. The van der Waals surface area contributed by atoms with Crippen LogP contribution < -0.4 is 5.32 Å². The van der Waals surface area contributed by atoms with Crippen molar-refractivity contribution in [2.24, 2.45) is 4.99 Å². The maximum Gasteiger partial charge on any atom is 0.337 e. The number of benzene rings is 3. The van der Waals surface area contributed by atoms with Crippen LogP contribution in [0.1, 0.15) is 26.3 Å². The molecule has 0 amide bonds. The highest BCUT2D eigenvalue weighted by Crippen LogP contribution is 2.18. The number of ether oxygens (including phenoxy) is 2. The molecule has 0 fully saturated rings. The lowest BCUT2D eigenvalue weighted by Gasteiger charge is -2.11. The Hall–Kier alpha value is -3.93. The zero-order valence-electron chi connectivity index (χ0n) is 16.1. The quantitative estimate of drug-likeness (QED) is 0.397. The van der Waals surface area contributed by atoms with Crippen LogP contribution in [0, 0.1) is 0 Å². The zero-order chi connectivity index (χ0) is 20.6. The molecule has 29 heavy (non-hydrogen) atoms. The SMILES string of the molecule is COC(=O)c1ccc(/N=C(/Nc2ccc(C(=O)OC)cc2)c2ccccc2)cc1. The lowest BCUT2D eigenvalue weighted by atomic mass is 10.1. The Morgan fingerprint density at radius 1 is 0.690 bits per heavy atom. The van der Waals surface area contributed by atoms with E-state index < -0.39 is 5.97 Å². The van der Waals surface area contributed by atoms with E-state index in [-0.39, 0.29) is 5.97 Å². The van der Waals surface area contributed by atoms with Crippen LogP contribution in [-0.2, 0) is 9.47 Å². The number of hydrogen-bond donors (Lipinski definition) is 1. The lowest BCUT2D eigenvalue weighted by Crippen LogP contribution is -2.13. The predicted molar refractivity (Wildman–Crippen MR) is 112 cm³/mol. The van der Waals surface area contributed by atoms with Crippen LogP contribution in [0.3, 0.4) is 0 Å². The van der Waals surface area contributed by atoms with Crippen molar-refractivity contribution in [3.63, 3.8) is 0 Å². The Balaban J connectivity index is 1.90. The Morgan fingerprint density at radius 2 is 1.21 bits per heavy atom. The van der Waals surface area contributed by atoms with Gasteiger partial charge in [-0.1, -0.05) is 30.3 Å². The van der Waals surface area contributed by atoms with Crippen molar-refractivity contribution in [3.05, 3.63) is 95.6 Å². The van der Waals surface area contributed by atoms with E-state index in [1.54, 1.807) is 48.5 Å². The monoisotopic (exact) mass is 388 g/mol. The van der Waals surface area contributed by atoms with Gasteiger partial charge in [0.05, 0.1) is 31.0 Å². The van der Waals surface area contributed by atoms with Gasteiger partial charge in [-0.05, 0) is 48.5 Å². The molecule has 0 atom stereocenters. The van der Waals surface area contributed by atoms with Crippen molar-refractivity contribution in [2.45, 2.75) is 0 Å². The van der Waals surface area contributed by atoms with E-state index in [1.807, 2.05) is 30.3 Å². The number of aliphatic imine (C=N–C) groups is 1. The molecule has 0 heterocycles. The largest absolute Gasteiger partial charge is 0.465 e. The number of carbonyl (C=O) groups is 2. The first-order valence-electron chi connectivity index (χ1n) is 8.88. The summed E-state index contributed by atoms with van der Waals surface area (Å²) in [6, 6.07) is 23.4. The summed E-state index contributed by atoms with van der Waals surface area (Å²) in [5.74, 6) is -0.158. The summed E-state index contributed by atoms with van der Waals surface area (Å²) in [5.41, 5.74) is 3.26. The van der Waals surface area contributed by atoms with Gasteiger partial charge >= 0.3 is 11.9 Å². The summed E-state index contributed by atoms with van der Waals surface area (Å²) in [5, 5.41) is 3.28. The standard InChI is InChI=1S/C23H20N2O4/c1-28-22(26)17-8-12-19(13-9-17)24-21(16-6-4-3-5-7-16)25-20-14-10-18(11-15-20)23(27)29-2/h3-15H,1-2H3,(H,24,25). The molecule has 0 aliphatic carbocycles. The number of hydrogen-bond acceptors (Lipinski definition) is 5. The summed E-state index contributed by atoms with van der Waals surface area (Å²) in [6.07, 6.45) is 0. The zero-order valence-corrected chi connectivity index (χ0v) is 16.1. The molecule has 0 unspecified atom stereocenters. The highest BCUT2D eigenvalue weighted by molar-refractivity contribution is 6.09. The molecule has 0 aliphatic rings. The van der Waals surface area contributed by atoms with E-state index >= 15 is 0 Å². The first-order chi connectivity index (χ1) is 14.1. The van der Waals surface area contributed by atoms with E-state index in [2.05, 4.69) is 10.3 Å². The third-order valence-corrected chi connectivity index (χ3v) is 4.15. The van der Waals surface area contributed by atoms with Crippen LogP contribution in [0.2, 0.25) is 0 Å². The maximum absolute atomic E-state index is 11.6. The molecule has 0 aliphatic heterocycles. The van der Waals surface area contributed by atoms with Crippen molar-refractivity contribution in [2.75, 3.05) is 19.5 Å². The highest BCUT2D eigenvalue weighted by Gasteiger charge is 2.09. The average molecular weight is 388 g/mol. The second-order valence-corrected chi connectivity index (χ2v) is 6.06. The smallest absolute Gasteiger partial charge is 0.337 e. The Kier molecular flexibility index (Phi) is 6.37. The summed E-state index contributed by atoms with van der Waals surface area (Å²) in [7, 11) is 2.69. The van der Waals surface area contributed by atoms with Gasteiger partial charge in [-0.15, -0.1) is 0 Å². The molecule has 0 bridgehead atoms. The number of carbonyl (C=O) groups excluding carboxylic acids is 2. The number of methoxy groups -OCH3 is 2. The Morgan fingerprint density at radius 3 is 1.72 bits per heavy atom. The van der Waals surface area contributed by atoms with Crippen molar-refractivity contribution >= 4 is 29.1 Å². The van der Waals surface area contributed by atoms with Gasteiger partial charge in [-0.25, -0.2) is 14.6 Å². The van der Waals surface area contributed by atoms with Crippen LogP contribution in [0.4, 0.5) is 11.4 Å². The van der Waals surface area contributed by atoms with Gasteiger partial charge in [-0.2, -0.15) is 0 Å². The van der Waals surface area contributed by atoms with Gasteiger partial charge in [0.1, 0.15) is 5.84 Å². The molecule has 1 N–H and O–H groups in total. The molecular formula is C23H20N2O4. The number of nitrogens with zero attached hydrogens (tertiary/aromatic N) is 1. The summed E-state index contributed by atoms with van der Waals surface area (Å²) >= 11 is 0. The average Bonchev–Trinajstić information content (AvgIpc) is 2.79. The van der Waals surface area contributed by atoms with Crippen LogP contribution in [0.5, 0.6) is 0 Å². The van der Waals surface area contributed by atoms with E-state index in [0.717, 1.165) is 11.3 Å². The summed E-state index contributed by atoms with van der Waals surface area (Å²) in [6.45, 7) is 0. The summed E-state index contributed by atoms with van der Waals surface area (Å²) < 4.78 is 9.44. The Labute approximate surface area is 168 Å². The predicted octanol–water partition coefficient (Wildman–Crippen LogP) is 4.45. The number of esters is 2. The molecule has 0 spiro atoms. The van der Waals surface area contributed by atoms with Crippen LogP contribution in [0.25, 0.3) is 0 Å². The molecule has 146 valence electrons. The van der Waals surface area contributed by atoms with E-state index in [4.69, 9.17) is 9.47 Å². The third-order valence-electron chi connectivity index (χ3n) is 4.15. The molecule has 0 saturated heterocycles. The fourth-order valence-corrected chi connectivity index (χ4v) is 2.62. The van der Waals surface area contributed by atoms with Gasteiger partial charge < -0.3 is 14.8 Å². The molecule has 0 radical (unpaired) electrons. The molecule has 6 heteroatoms. The van der Waals surface area contributed by atoms with Gasteiger partial charge in [0.15, 0.2) is 0 Å². The second kappa shape index (κ2) is 9.32. The molecular weight excluding hydrogens is 368 g/mol. The molecule has 3 aromatic rings. The molecule has 0 aromatic heterocycles. The van der Waals surface area contributed by atoms with Crippen molar-refractivity contribution in [1.29, 1.82) is 0 Å².